The van der Waals surface area contributed by atoms with Crippen molar-refractivity contribution in [3.8, 4) is 22.4 Å². The van der Waals surface area contributed by atoms with Gasteiger partial charge in [0.2, 0.25) is 0 Å². The molecule has 2 aromatic heterocycles. The van der Waals surface area contributed by atoms with Gasteiger partial charge in [-0.25, -0.2) is 0 Å². The van der Waals surface area contributed by atoms with Gasteiger partial charge in [-0.1, -0.05) is 75.4 Å². The van der Waals surface area contributed by atoms with Gasteiger partial charge in [-0.05, 0) is 46.4 Å². The fourth-order valence-corrected chi connectivity index (χ4v) is 3.87. The maximum Gasteiger partial charge on any atom is 0.144 e. The van der Waals surface area contributed by atoms with Gasteiger partial charge in [-0.15, -0.1) is 0 Å². The van der Waals surface area contributed by atoms with Gasteiger partial charge in [0.05, 0.1) is 5.69 Å². The Morgan fingerprint density at radius 1 is 0.724 bits per heavy atom. The predicted molar refractivity (Wildman–Crippen MR) is 121 cm³/mol. The van der Waals surface area contributed by atoms with Crippen LogP contribution in [0.4, 0.5) is 0 Å². The third-order valence-corrected chi connectivity index (χ3v) is 5.52. The minimum Gasteiger partial charge on any atom is -0.455 e. The summed E-state index contributed by atoms with van der Waals surface area (Å²) in [5.74, 6) is 0. The first-order valence-corrected chi connectivity index (χ1v) is 9.98. The summed E-state index contributed by atoms with van der Waals surface area (Å²) < 4.78 is 6.20. The molecule has 0 amide bonds. The SMILES string of the molecule is CC(C)(C)c1ccc(-c2ccnc(-c3cccc4c3oc3ccccc34)c2)cc1. The molecule has 0 aliphatic heterocycles. The summed E-state index contributed by atoms with van der Waals surface area (Å²) in [6.07, 6.45) is 1.88. The second-order valence-corrected chi connectivity index (χ2v) is 8.54. The minimum atomic E-state index is 0.152. The topological polar surface area (TPSA) is 26.0 Å². The van der Waals surface area contributed by atoms with E-state index >= 15 is 0 Å². The molecule has 2 heterocycles. The van der Waals surface area contributed by atoms with Gasteiger partial charge in [0, 0.05) is 22.5 Å². The zero-order valence-corrected chi connectivity index (χ0v) is 16.9. The number of aromatic nitrogens is 1. The van der Waals surface area contributed by atoms with Crippen LogP contribution < -0.4 is 0 Å². The third kappa shape index (κ3) is 3.11. The Hall–Kier alpha value is -3.39. The summed E-state index contributed by atoms with van der Waals surface area (Å²) in [4.78, 5) is 4.65. The number of hydrogen-bond acceptors (Lipinski definition) is 2. The Balaban J connectivity index is 1.62. The molecule has 0 N–H and O–H groups in total. The molecule has 0 aliphatic rings. The van der Waals surface area contributed by atoms with E-state index in [4.69, 9.17) is 4.42 Å². The Bertz CT molecular complexity index is 1320. The lowest BCUT2D eigenvalue weighted by Gasteiger charge is -2.19. The molecular formula is C27H23NO. The van der Waals surface area contributed by atoms with E-state index < -0.39 is 0 Å². The summed E-state index contributed by atoms with van der Waals surface area (Å²) >= 11 is 0. The smallest absolute Gasteiger partial charge is 0.144 e. The van der Waals surface area contributed by atoms with Crippen LogP contribution in [-0.4, -0.2) is 4.98 Å². The first-order valence-electron chi connectivity index (χ1n) is 9.98. The number of para-hydroxylation sites is 2. The summed E-state index contributed by atoms with van der Waals surface area (Å²) in [6.45, 7) is 6.71. The number of hydrogen-bond donors (Lipinski definition) is 0. The van der Waals surface area contributed by atoms with Crippen molar-refractivity contribution in [2.24, 2.45) is 0 Å². The van der Waals surface area contributed by atoms with Crippen LogP contribution in [0.3, 0.4) is 0 Å². The Labute approximate surface area is 170 Å². The molecule has 0 saturated heterocycles. The van der Waals surface area contributed by atoms with Crippen molar-refractivity contribution >= 4 is 21.9 Å². The normalized spacial score (nSPS) is 12.0. The lowest BCUT2D eigenvalue weighted by atomic mass is 9.86. The molecule has 2 nitrogen and oxygen atoms in total. The molecular weight excluding hydrogens is 354 g/mol. The molecule has 0 unspecified atom stereocenters. The van der Waals surface area contributed by atoms with Crippen molar-refractivity contribution in [2.75, 3.05) is 0 Å². The second kappa shape index (κ2) is 6.59. The van der Waals surface area contributed by atoms with E-state index in [-0.39, 0.29) is 5.41 Å². The molecule has 5 rings (SSSR count). The number of furan rings is 1. The first kappa shape index (κ1) is 17.7. The lowest BCUT2D eigenvalue weighted by molar-refractivity contribution is 0.590. The molecule has 2 heteroatoms. The van der Waals surface area contributed by atoms with E-state index in [1.807, 2.05) is 24.4 Å². The highest BCUT2D eigenvalue weighted by Gasteiger charge is 2.15. The maximum absolute atomic E-state index is 6.20. The molecule has 0 radical (unpaired) electrons. The van der Waals surface area contributed by atoms with Crippen LogP contribution >= 0.6 is 0 Å². The van der Waals surface area contributed by atoms with Crippen LogP contribution in [0.25, 0.3) is 44.3 Å². The number of pyridine rings is 1. The molecule has 3 aromatic carbocycles. The van der Waals surface area contributed by atoms with Crippen molar-refractivity contribution < 1.29 is 4.42 Å². The number of rotatable bonds is 2. The van der Waals surface area contributed by atoms with Crippen molar-refractivity contribution in [1.29, 1.82) is 0 Å². The lowest BCUT2D eigenvalue weighted by Crippen LogP contribution is -2.10. The molecule has 142 valence electrons. The van der Waals surface area contributed by atoms with Gasteiger partial charge in [-0.2, -0.15) is 0 Å². The van der Waals surface area contributed by atoms with Crippen LogP contribution in [0.15, 0.2) is 89.5 Å². The molecule has 0 atom stereocenters. The standard InChI is InChI=1S/C27H23NO/c1-27(2,3)20-13-11-18(12-14-20)19-15-16-28-24(17-19)23-9-6-8-22-21-7-4-5-10-25(21)29-26(22)23/h4-17H,1-3H3. The van der Waals surface area contributed by atoms with E-state index in [0.29, 0.717) is 0 Å². The number of fused-ring (bicyclic) bond motifs is 3. The number of benzene rings is 3. The summed E-state index contributed by atoms with van der Waals surface area (Å²) in [6, 6.07) is 27.5. The molecule has 5 aromatic rings. The van der Waals surface area contributed by atoms with Crippen LogP contribution in [-0.2, 0) is 5.41 Å². The Morgan fingerprint density at radius 3 is 2.28 bits per heavy atom. The molecule has 0 saturated carbocycles. The van der Waals surface area contributed by atoms with Crippen LogP contribution in [0.2, 0.25) is 0 Å². The van der Waals surface area contributed by atoms with Crippen molar-refractivity contribution in [2.45, 2.75) is 26.2 Å². The maximum atomic E-state index is 6.20. The average molecular weight is 377 g/mol. The minimum absolute atomic E-state index is 0.152. The Kier molecular flexibility index (Phi) is 4.02. The molecule has 0 spiro atoms. The molecule has 0 fully saturated rings. The van der Waals surface area contributed by atoms with Crippen molar-refractivity contribution in [3.63, 3.8) is 0 Å². The fourth-order valence-electron chi connectivity index (χ4n) is 3.87. The largest absolute Gasteiger partial charge is 0.455 e. The second-order valence-electron chi connectivity index (χ2n) is 8.54. The highest BCUT2D eigenvalue weighted by molar-refractivity contribution is 6.09. The van der Waals surface area contributed by atoms with Gasteiger partial charge in [0.1, 0.15) is 11.2 Å². The van der Waals surface area contributed by atoms with Gasteiger partial charge >= 0.3 is 0 Å². The Morgan fingerprint density at radius 2 is 1.48 bits per heavy atom. The number of nitrogens with zero attached hydrogens (tertiary/aromatic N) is 1. The quantitative estimate of drug-likeness (QED) is 0.316. The van der Waals surface area contributed by atoms with Crippen molar-refractivity contribution in [1.82, 2.24) is 4.98 Å². The highest BCUT2D eigenvalue weighted by Crippen LogP contribution is 2.36. The summed E-state index contributed by atoms with van der Waals surface area (Å²) in [7, 11) is 0. The molecule has 0 bridgehead atoms. The van der Waals surface area contributed by atoms with Gasteiger partial charge in [0.15, 0.2) is 0 Å². The van der Waals surface area contributed by atoms with Gasteiger partial charge in [0.25, 0.3) is 0 Å². The third-order valence-electron chi connectivity index (χ3n) is 5.52. The van der Waals surface area contributed by atoms with E-state index in [1.54, 1.807) is 0 Å². The fraction of sp³-hybridized carbons (Fsp3) is 0.148. The van der Waals surface area contributed by atoms with Crippen LogP contribution in [0.1, 0.15) is 26.3 Å². The van der Waals surface area contributed by atoms with Gasteiger partial charge in [-0.3, -0.25) is 4.98 Å². The molecule has 0 aliphatic carbocycles. The zero-order valence-electron chi connectivity index (χ0n) is 16.9. The average Bonchev–Trinajstić information content (AvgIpc) is 3.12. The van der Waals surface area contributed by atoms with Crippen LogP contribution in [0.5, 0.6) is 0 Å². The van der Waals surface area contributed by atoms with Gasteiger partial charge < -0.3 is 4.42 Å². The predicted octanol–water partition coefficient (Wildman–Crippen LogP) is 7.61. The first-order chi connectivity index (χ1) is 14.0. The van der Waals surface area contributed by atoms with E-state index in [9.17, 15) is 0 Å². The van der Waals surface area contributed by atoms with E-state index in [0.717, 1.165) is 38.8 Å². The highest BCUT2D eigenvalue weighted by atomic mass is 16.3. The monoisotopic (exact) mass is 377 g/mol. The van der Waals surface area contributed by atoms with E-state index in [1.165, 1.54) is 11.1 Å². The molecule has 29 heavy (non-hydrogen) atoms. The van der Waals surface area contributed by atoms with Crippen molar-refractivity contribution in [3.05, 3.63) is 90.6 Å². The van der Waals surface area contributed by atoms with E-state index in [2.05, 4.69) is 86.4 Å². The summed E-state index contributed by atoms with van der Waals surface area (Å²) in [5.41, 5.74) is 7.58. The zero-order chi connectivity index (χ0) is 20.0. The van der Waals surface area contributed by atoms with Crippen LogP contribution in [0, 0.1) is 0 Å². The summed E-state index contributed by atoms with van der Waals surface area (Å²) in [5, 5.41) is 2.26.